The number of carbonyl (C=O) groups excluding carboxylic acids is 1. The van der Waals surface area contributed by atoms with E-state index < -0.39 is 10.0 Å². The van der Waals surface area contributed by atoms with Gasteiger partial charge in [0.1, 0.15) is 0 Å². The van der Waals surface area contributed by atoms with Crippen molar-refractivity contribution in [2.75, 3.05) is 13.1 Å². The van der Waals surface area contributed by atoms with Crippen molar-refractivity contribution in [2.45, 2.75) is 12.7 Å². The molecule has 110 valence electrons. The van der Waals surface area contributed by atoms with E-state index in [1.54, 1.807) is 36.4 Å². The van der Waals surface area contributed by atoms with Gasteiger partial charge in [0.15, 0.2) is 0 Å². The normalized spacial score (nSPS) is 11.7. The van der Waals surface area contributed by atoms with Crippen molar-refractivity contribution in [1.29, 1.82) is 0 Å². The van der Waals surface area contributed by atoms with Crippen LogP contribution in [0.3, 0.4) is 0 Å². The summed E-state index contributed by atoms with van der Waals surface area (Å²) in [6, 6.07) is 6.58. The van der Waals surface area contributed by atoms with Gasteiger partial charge in [-0.15, -0.1) is 0 Å². The van der Waals surface area contributed by atoms with Crippen molar-refractivity contribution < 1.29 is 13.2 Å². The Balaban J connectivity index is 2.48. The molecule has 0 radical (unpaired) electrons. The quantitative estimate of drug-likeness (QED) is 0.748. The van der Waals surface area contributed by atoms with Gasteiger partial charge in [0.05, 0.1) is 12.3 Å². The topological polar surface area (TPSA) is 75.3 Å². The molecule has 7 heteroatoms. The van der Waals surface area contributed by atoms with E-state index in [9.17, 15) is 13.2 Å². The third kappa shape index (κ3) is 6.70. The second-order valence-corrected chi connectivity index (χ2v) is 6.33. The van der Waals surface area contributed by atoms with E-state index in [1.807, 2.05) is 6.92 Å². The van der Waals surface area contributed by atoms with Gasteiger partial charge in [-0.3, -0.25) is 4.79 Å². The number of halogens is 1. The first-order valence-corrected chi connectivity index (χ1v) is 8.05. The fourth-order valence-corrected chi connectivity index (χ4v) is 2.71. The second kappa shape index (κ2) is 8.04. The van der Waals surface area contributed by atoms with Crippen LogP contribution < -0.4 is 10.0 Å². The fraction of sp³-hybridized carbons (Fsp3) is 0.308. The van der Waals surface area contributed by atoms with Crippen LogP contribution in [-0.2, 0) is 20.6 Å². The van der Waals surface area contributed by atoms with E-state index in [1.165, 1.54) is 0 Å². The monoisotopic (exact) mass is 316 g/mol. The highest BCUT2D eigenvalue weighted by Crippen LogP contribution is 2.12. The predicted octanol–water partition coefficient (Wildman–Crippen LogP) is 1.45. The summed E-state index contributed by atoms with van der Waals surface area (Å²) in [5.74, 6) is -0.590. The number of nitrogens with one attached hydrogen (secondary N) is 2. The molecular weight excluding hydrogens is 300 g/mol. The Bertz CT molecular complexity index is 585. The third-order valence-electron chi connectivity index (χ3n) is 2.35. The lowest BCUT2D eigenvalue weighted by Crippen LogP contribution is -2.37. The van der Waals surface area contributed by atoms with Crippen molar-refractivity contribution in [3.8, 4) is 0 Å². The van der Waals surface area contributed by atoms with E-state index in [0.717, 1.165) is 0 Å². The van der Waals surface area contributed by atoms with Gasteiger partial charge in [0.25, 0.3) is 0 Å². The van der Waals surface area contributed by atoms with Crippen molar-refractivity contribution in [2.24, 2.45) is 0 Å². The number of amides is 1. The number of rotatable bonds is 7. The van der Waals surface area contributed by atoms with E-state index in [4.69, 9.17) is 11.6 Å². The van der Waals surface area contributed by atoms with Crippen molar-refractivity contribution >= 4 is 27.5 Å². The minimum absolute atomic E-state index is 0.213. The summed E-state index contributed by atoms with van der Waals surface area (Å²) in [4.78, 5) is 11.4. The van der Waals surface area contributed by atoms with Gasteiger partial charge in [0, 0.05) is 11.6 Å². The highest BCUT2D eigenvalue weighted by atomic mass is 35.5. The molecule has 0 aliphatic carbocycles. The van der Waals surface area contributed by atoms with Gasteiger partial charge in [-0.25, -0.2) is 13.1 Å². The van der Waals surface area contributed by atoms with Crippen LogP contribution in [0.2, 0.25) is 5.02 Å². The molecule has 1 rings (SSSR count). The lowest BCUT2D eigenvalue weighted by Gasteiger charge is -2.07. The minimum Gasteiger partial charge on any atom is -0.351 e. The smallest absolute Gasteiger partial charge is 0.235 e. The lowest BCUT2D eigenvalue weighted by molar-refractivity contribution is -0.119. The molecule has 0 unspecified atom stereocenters. The highest BCUT2D eigenvalue weighted by molar-refractivity contribution is 7.88. The Hall–Kier alpha value is -1.37. The molecule has 5 nitrogen and oxygen atoms in total. The van der Waals surface area contributed by atoms with Crippen molar-refractivity contribution in [3.63, 3.8) is 0 Å². The minimum atomic E-state index is -3.56. The first kappa shape index (κ1) is 16.7. The van der Waals surface area contributed by atoms with Gasteiger partial charge in [-0.2, -0.15) is 0 Å². The number of carbonyl (C=O) groups is 1. The molecule has 1 aromatic carbocycles. The summed E-state index contributed by atoms with van der Waals surface area (Å²) in [6.07, 6.45) is 3.56. The van der Waals surface area contributed by atoms with Crippen molar-refractivity contribution in [1.82, 2.24) is 10.0 Å². The summed E-state index contributed by atoms with van der Waals surface area (Å²) >= 11 is 5.79. The third-order valence-corrected chi connectivity index (χ3v) is 3.88. The summed E-state index contributed by atoms with van der Waals surface area (Å²) < 4.78 is 25.8. The maximum atomic E-state index is 11.8. The average molecular weight is 317 g/mol. The zero-order chi connectivity index (χ0) is 15.0. The van der Waals surface area contributed by atoms with Gasteiger partial charge >= 0.3 is 0 Å². The van der Waals surface area contributed by atoms with E-state index in [2.05, 4.69) is 10.0 Å². The van der Waals surface area contributed by atoms with Gasteiger partial charge in [-0.1, -0.05) is 35.9 Å². The van der Waals surface area contributed by atoms with Gasteiger partial charge < -0.3 is 5.32 Å². The van der Waals surface area contributed by atoms with Crippen LogP contribution in [0.5, 0.6) is 0 Å². The first-order valence-electron chi connectivity index (χ1n) is 6.02. The van der Waals surface area contributed by atoms with Crippen LogP contribution in [0.4, 0.5) is 0 Å². The fourth-order valence-electron chi connectivity index (χ4n) is 1.43. The van der Waals surface area contributed by atoms with Gasteiger partial charge in [-0.05, 0) is 24.6 Å². The van der Waals surface area contributed by atoms with Crippen LogP contribution in [0.15, 0.2) is 36.4 Å². The number of hydrogen-bond donors (Lipinski definition) is 2. The van der Waals surface area contributed by atoms with E-state index in [0.29, 0.717) is 17.1 Å². The standard InChI is InChI=1S/C13H17ClN2O3S/c1-2-3-7-15-13(17)9-16-20(18,19)10-11-5-4-6-12(14)8-11/h2-6,8,16H,7,9-10H2,1H3,(H,15,17)/b3-2-. The van der Waals surface area contributed by atoms with Crippen LogP contribution in [0.1, 0.15) is 12.5 Å². The first-order chi connectivity index (χ1) is 9.43. The van der Waals surface area contributed by atoms with Crippen LogP contribution >= 0.6 is 11.6 Å². The highest BCUT2D eigenvalue weighted by Gasteiger charge is 2.13. The van der Waals surface area contributed by atoms with E-state index in [-0.39, 0.29) is 18.2 Å². The largest absolute Gasteiger partial charge is 0.351 e. The molecule has 1 amide bonds. The molecule has 0 saturated carbocycles. The summed E-state index contributed by atoms with van der Waals surface area (Å²) in [6.45, 7) is 1.94. The van der Waals surface area contributed by atoms with Crippen LogP contribution in [0, 0.1) is 0 Å². The maximum absolute atomic E-state index is 11.8. The van der Waals surface area contributed by atoms with Crippen molar-refractivity contribution in [3.05, 3.63) is 47.0 Å². The Morgan fingerprint density at radius 3 is 2.80 bits per heavy atom. The molecule has 0 fully saturated rings. The zero-order valence-electron chi connectivity index (χ0n) is 11.1. The molecule has 20 heavy (non-hydrogen) atoms. The Labute approximate surface area is 124 Å². The Kier molecular flexibility index (Phi) is 6.70. The number of sulfonamides is 1. The summed E-state index contributed by atoms with van der Waals surface area (Å²) in [5.41, 5.74) is 0.569. The molecule has 0 atom stereocenters. The zero-order valence-corrected chi connectivity index (χ0v) is 12.7. The summed E-state index contributed by atoms with van der Waals surface area (Å²) in [5, 5.41) is 3.03. The number of allylic oxidation sites excluding steroid dienone is 1. The predicted molar refractivity (Wildman–Crippen MR) is 79.9 cm³/mol. The molecule has 0 aliphatic heterocycles. The molecule has 0 aromatic heterocycles. The molecule has 0 saturated heterocycles. The second-order valence-electron chi connectivity index (χ2n) is 4.08. The maximum Gasteiger partial charge on any atom is 0.235 e. The molecule has 0 heterocycles. The number of benzene rings is 1. The lowest BCUT2D eigenvalue weighted by atomic mass is 10.2. The number of hydrogen-bond acceptors (Lipinski definition) is 3. The van der Waals surface area contributed by atoms with Crippen LogP contribution in [-0.4, -0.2) is 27.4 Å². The molecule has 2 N–H and O–H groups in total. The van der Waals surface area contributed by atoms with Crippen LogP contribution in [0.25, 0.3) is 0 Å². The Morgan fingerprint density at radius 1 is 1.40 bits per heavy atom. The SMILES string of the molecule is C/C=C\CNC(=O)CNS(=O)(=O)Cc1cccc(Cl)c1. The molecule has 0 bridgehead atoms. The molecule has 0 spiro atoms. The van der Waals surface area contributed by atoms with Gasteiger partial charge in [0.2, 0.25) is 15.9 Å². The summed E-state index contributed by atoms with van der Waals surface area (Å²) in [7, 11) is -3.56. The average Bonchev–Trinajstić information content (AvgIpc) is 2.36. The molecular formula is C13H17ClN2O3S. The molecule has 0 aliphatic rings. The van der Waals surface area contributed by atoms with E-state index >= 15 is 0 Å². The molecule has 1 aromatic rings. The Morgan fingerprint density at radius 2 is 2.15 bits per heavy atom.